The van der Waals surface area contributed by atoms with Crippen molar-refractivity contribution in [1.82, 2.24) is 4.98 Å². The van der Waals surface area contributed by atoms with Crippen molar-refractivity contribution < 1.29 is 30.9 Å². The molecular formula is C23H25F3N4O4S2. The first-order valence-corrected chi connectivity index (χ1v) is 13.3. The lowest BCUT2D eigenvalue weighted by molar-refractivity contribution is -0.137. The highest BCUT2D eigenvalue weighted by Crippen LogP contribution is 2.34. The van der Waals surface area contributed by atoms with Crippen molar-refractivity contribution in [2.45, 2.75) is 31.5 Å². The molecule has 8 nitrogen and oxygen atoms in total. The van der Waals surface area contributed by atoms with Gasteiger partial charge in [0.1, 0.15) is 0 Å². The smallest absolute Gasteiger partial charge is 0.360 e. The van der Waals surface area contributed by atoms with Gasteiger partial charge < -0.3 is 16.4 Å². The van der Waals surface area contributed by atoms with Crippen LogP contribution in [0.1, 0.15) is 29.5 Å². The Balaban J connectivity index is 0.000000658. The zero-order valence-corrected chi connectivity index (χ0v) is 21.0. The fraction of sp³-hybridized carbons (Fsp3) is 0.304. The largest absolute Gasteiger partial charge is 0.416 e. The summed E-state index contributed by atoms with van der Waals surface area (Å²) in [6.45, 7) is 2.32. The van der Waals surface area contributed by atoms with Crippen molar-refractivity contribution >= 4 is 38.2 Å². The van der Waals surface area contributed by atoms with Gasteiger partial charge in [-0.15, -0.1) is 0 Å². The van der Waals surface area contributed by atoms with Gasteiger partial charge in [0.15, 0.2) is 5.13 Å². The number of thiazole rings is 1. The molecule has 2 aromatic carbocycles. The number of alkyl halides is 3. The number of rotatable bonds is 6. The lowest BCUT2D eigenvalue weighted by Crippen LogP contribution is -2.34. The molecule has 1 amide bonds. The minimum Gasteiger partial charge on any atom is -0.360 e. The molecule has 0 radical (unpaired) electrons. The molecule has 194 valence electrons. The molecule has 0 bridgehead atoms. The maximum Gasteiger partial charge on any atom is 0.416 e. The zero-order valence-electron chi connectivity index (χ0n) is 19.3. The maximum atomic E-state index is 12.7. The highest BCUT2D eigenvalue weighted by Gasteiger charge is 2.30. The number of aromatic nitrogens is 1. The molecule has 0 spiro atoms. The van der Waals surface area contributed by atoms with Crippen LogP contribution in [-0.2, 0) is 27.5 Å². The van der Waals surface area contributed by atoms with Crippen molar-refractivity contribution in [3.8, 4) is 10.4 Å². The molecule has 13 heteroatoms. The Kier molecular flexibility index (Phi) is 8.39. The summed E-state index contributed by atoms with van der Waals surface area (Å²) in [6.07, 6.45) is -1.49. The van der Waals surface area contributed by atoms with Crippen LogP contribution in [0, 0.1) is 0 Å². The standard InChI is InChI=1S/C22H21F3N4OS.CH4O3S/c1-12(13-2-5-16(6-3-13)22(23,24)25)17(26)10-27-21-28-11-19(31-21)14-4-7-18-15(8-14)9-20(30)29-18;1-5(2,3)4/h2-8,11-12,17H,9-10,26H2,1H3,(H,27,28)(H,29,30);1H3,(H,2,3,4)/t12-,17+;/m0./s1. The number of carbonyl (C=O) groups excluding carboxylic acids is 1. The van der Waals surface area contributed by atoms with Gasteiger partial charge in [-0.05, 0) is 46.9 Å². The highest BCUT2D eigenvalue weighted by molar-refractivity contribution is 7.85. The molecule has 3 aromatic rings. The predicted octanol–water partition coefficient (Wildman–Crippen LogP) is 4.37. The second kappa shape index (κ2) is 10.9. The van der Waals surface area contributed by atoms with Crippen LogP contribution < -0.4 is 16.4 Å². The van der Waals surface area contributed by atoms with Crippen molar-refractivity contribution in [3.05, 3.63) is 65.4 Å². The Morgan fingerprint density at radius 2 is 1.86 bits per heavy atom. The van der Waals surface area contributed by atoms with E-state index in [9.17, 15) is 26.4 Å². The molecule has 0 fully saturated rings. The number of fused-ring (bicyclic) bond motifs is 1. The van der Waals surface area contributed by atoms with E-state index in [0.29, 0.717) is 24.4 Å². The first kappa shape index (κ1) is 27.6. The molecule has 1 aromatic heterocycles. The molecule has 2 heterocycles. The molecule has 0 aliphatic carbocycles. The van der Waals surface area contributed by atoms with Gasteiger partial charge in [-0.2, -0.15) is 21.6 Å². The molecule has 1 aliphatic heterocycles. The van der Waals surface area contributed by atoms with Gasteiger partial charge in [0.25, 0.3) is 10.1 Å². The number of nitrogens with two attached hydrogens (primary N) is 1. The number of nitrogens with zero attached hydrogens (tertiary/aromatic N) is 1. The number of hydrogen-bond acceptors (Lipinski definition) is 7. The van der Waals surface area contributed by atoms with E-state index in [-0.39, 0.29) is 17.9 Å². The number of benzene rings is 2. The molecule has 36 heavy (non-hydrogen) atoms. The van der Waals surface area contributed by atoms with E-state index in [4.69, 9.17) is 10.3 Å². The Morgan fingerprint density at radius 1 is 1.22 bits per heavy atom. The van der Waals surface area contributed by atoms with E-state index in [1.54, 1.807) is 6.20 Å². The van der Waals surface area contributed by atoms with Gasteiger partial charge in [-0.25, -0.2) is 4.98 Å². The summed E-state index contributed by atoms with van der Waals surface area (Å²) in [5, 5.41) is 6.74. The second-order valence-corrected chi connectivity index (χ2v) is 10.8. The summed E-state index contributed by atoms with van der Waals surface area (Å²) >= 11 is 1.48. The van der Waals surface area contributed by atoms with Crippen LogP contribution in [0.25, 0.3) is 10.4 Å². The van der Waals surface area contributed by atoms with Gasteiger partial charge in [0.05, 0.1) is 23.1 Å². The summed E-state index contributed by atoms with van der Waals surface area (Å²) in [4.78, 5) is 16.9. The lowest BCUT2D eigenvalue weighted by Gasteiger charge is -2.21. The molecule has 2 atom stereocenters. The average Bonchev–Trinajstić information content (AvgIpc) is 3.40. The second-order valence-electron chi connectivity index (χ2n) is 8.31. The van der Waals surface area contributed by atoms with E-state index >= 15 is 0 Å². The highest BCUT2D eigenvalue weighted by atomic mass is 32.2. The molecule has 1 aliphatic rings. The monoisotopic (exact) mass is 542 g/mol. The van der Waals surface area contributed by atoms with E-state index in [1.807, 2.05) is 25.1 Å². The maximum absolute atomic E-state index is 12.7. The van der Waals surface area contributed by atoms with Crippen molar-refractivity contribution in [2.75, 3.05) is 23.4 Å². The minimum atomic E-state index is -4.35. The summed E-state index contributed by atoms with van der Waals surface area (Å²) in [7, 11) is -3.67. The summed E-state index contributed by atoms with van der Waals surface area (Å²) in [5.41, 5.74) is 9.16. The number of hydrogen-bond donors (Lipinski definition) is 4. The number of halogens is 3. The fourth-order valence-corrected chi connectivity index (χ4v) is 4.30. The molecule has 0 saturated heterocycles. The van der Waals surface area contributed by atoms with Crippen molar-refractivity contribution in [1.29, 1.82) is 0 Å². The van der Waals surface area contributed by atoms with Crippen LogP contribution in [0.5, 0.6) is 0 Å². The number of amides is 1. The molecule has 0 unspecified atom stereocenters. The third-order valence-electron chi connectivity index (χ3n) is 5.42. The van der Waals surface area contributed by atoms with Crippen molar-refractivity contribution in [2.24, 2.45) is 5.73 Å². The summed E-state index contributed by atoms with van der Waals surface area (Å²) in [5.74, 6) is -0.133. The first-order chi connectivity index (χ1) is 16.7. The Hall–Kier alpha value is -3.00. The van der Waals surface area contributed by atoms with Gasteiger partial charge in [0.2, 0.25) is 5.91 Å². The van der Waals surface area contributed by atoms with Crippen LogP contribution in [0.15, 0.2) is 48.7 Å². The van der Waals surface area contributed by atoms with E-state index in [2.05, 4.69) is 15.6 Å². The van der Waals surface area contributed by atoms with Crippen LogP contribution in [-0.4, -0.2) is 42.7 Å². The molecule has 4 rings (SSSR count). The van der Waals surface area contributed by atoms with E-state index in [0.717, 1.165) is 39.4 Å². The van der Waals surface area contributed by atoms with Crippen molar-refractivity contribution in [3.63, 3.8) is 0 Å². The first-order valence-electron chi connectivity index (χ1n) is 10.7. The number of carbonyl (C=O) groups is 1. The topological polar surface area (TPSA) is 134 Å². The van der Waals surface area contributed by atoms with Crippen LogP contribution in [0.4, 0.5) is 24.0 Å². The van der Waals surface area contributed by atoms with Crippen LogP contribution in [0.2, 0.25) is 0 Å². The SMILES string of the molecule is CS(=O)(=O)O.C[C@@H](c1ccc(C(F)(F)F)cc1)[C@H](N)CNc1ncc(-c2ccc3c(c2)CC(=O)N3)s1. The van der Waals surface area contributed by atoms with Gasteiger partial charge in [0, 0.05) is 24.5 Å². The van der Waals surface area contributed by atoms with Gasteiger partial charge >= 0.3 is 6.18 Å². The quantitative estimate of drug-likeness (QED) is 0.340. The normalized spacial score (nSPS) is 14.8. The Bertz CT molecular complexity index is 1320. The number of nitrogens with one attached hydrogen (secondary N) is 2. The Morgan fingerprint density at radius 3 is 2.47 bits per heavy atom. The third-order valence-corrected chi connectivity index (χ3v) is 6.42. The zero-order chi connectivity index (χ0) is 26.7. The summed E-state index contributed by atoms with van der Waals surface area (Å²) < 4.78 is 64.1. The predicted molar refractivity (Wildman–Crippen MR) is 134 cm³/mol. The number of anilines is 2. The van der Waals surface area contributed by atoms with Gasteiger partial charge in [-0.1, -0.05) is 36.5 Å². The van der Waals surface area contributed by atoms with Crippen LogP contribution in [0.3, 0.4) is 0 Å². The third kappa shape index (κ3) is 7.75. The summed E-state index contributed by atoms with van der Waals surface area (Å²) in [6, 6.07) is 10.6. The van der Waals surface area contributed by atoms with Gasteiger partial charge in [-0.3, -0.25) is 9.35 Å². The molecular weight excluding hydrogens is 517 g/mol. The Labute approximate surface area is 210 Å². The van der Waals surface area contributed by atoms with E-state index in [1.165, 1.54) is 23.5 Å². The molecule has 5 N–H and O–H groups in total. The molecule has 0 saturated carbocycles. The van der Waals surface area contributed by atoms with E-state index < -0.39 is 21.9 Å². The van der Waals surface area contributed by atoms with Crippen LogP contribution >= 0.6 is 11.3 Å². The average molecular weight is 543 g/mol. The lowest BCUT2D eigenvalue weighted by atomic mass is 9.93. The minimum absolute atomic E-state index is 0.00466. The fourth-order valence-electron chi connectivity index (χ4n) is 3.48.